The molecular weight excluding hydrogens is 167 g/mol. The van der Waals surface area contributed by atoms with Gasteiger partial charge in [-0.05, 0) is 31.0 Å². The van der Waals surface area contributed by atoms with Crippen molar-refractivity contribution >= 4 is 0 Å². The standard InChI is InChI=1S/C10H13FN2/c11-9-5-8(6-12-7-9)10-3-1-2-4-13-10/h5-7,10,13H,1-4H2/t10-/m0/s1. The van der Waals surface area contributed by atoms with Crippen LogP contribution in [0.4, 0.5) is 4.39 Å². The lowest BCUT2D eigenvalue weighted by atomic mass is 9.99. The zero-order chi connectivity index (χ0) is 9.10. The Morgan fingerprint density at radius 3 is 3.00 bits per heavy atom. The summed E-state index contributed by atoms with van der Waals surface area (Å²) in [6, 6.07) is 1.87. The monoisotopic (exact) mass is 180 g/mol. The molecule has 0 amide bonds. The van der Waals surface area contributed by atoms with E-state index in [9.17, 15) is 4.39 Å². The molecule has 0 unspecified atom stereocenters. The zero-order valence-corrected chi connectivity index (χ0v) is 7.46. The first-order valence-corrected chi connectivity index (χ1v) is 4.70. The maximum absolute atomic E-state index is 12.8. The first kappa shape index (κ1) is 8.63. The number of pyridine rings is 1. The number of rotatable bonds is 1. The molecule has 1 aromatic heterocycles. The average Bonchev–Trinajstić information content (AvgIpc) is 2.19. The van der Waals surface area contributed by atoms with Crippen molar-refractivity contribution in [1.82, 2.24) is 10.3 Å². The van der Waals surface area contributed by atoms with Gasteiger partial charge in [-0.15, -0.1) is 0 Å². The summed E-state index contributed by atoms with van der Waals surface area (Å²) in [4.78, 5) is 3.84. The Morgan fingerprint density at radius 1 is 1.38 bits per heavy atom. The number of hydrogen-bond donors (Lipinski definition) is 1. The van der Waals surface area contributed by atoms with E-state index in [1.807, 2.05) is 0 Å². The fraction of sp³-hybridized carbons (Fsp3) is 0.500. The van der Waals surface area contributed by atoms with Gasteiger partial charge in [0.25, 0.3) is 0 Å². The van der Waals surface area contributed by atoms with Crippen LogP contribution in [0.5, 0.6) is 0 Å². The van der Waals surface area contributed by atoms with Crippen LogP contribution >= 0.6 is 0 Å². The molecule has 0 aliphatic carbocycles. The lowest BCUT2D eigenvalue weighted by Gasteiger charge is -2.23. The molecule has 1 aliphatic rings. The Morgan fingerprint density at radius 2 is 2.31 bits per heavy atom. The third-order valence-electron chi connectivity index (χ3n) is 2.44. The van der Waals surface area contributed by atoms with Gasteiger partial charge in [0.1, 0.15) is 5.82 Å². The summed E-state index contributed by atoms with van der Waals surface area (Å²) < 4.78 is 12.8. The number of halogens is 1. The molecule has 2 rings (SSSR count). The highest BCUT2D eigenvalue weighted by Crippen LogP contribution is 2.22. The molecule has 13 heavy (non-hydrogen) atoms. The molecular formula is C10H13FN2. The number of piperidine rings is 1. The second kappa shape index (κ2) is 3.83. The molecule has 0 spiro atoms. The van der Waals surface area contributed by atoms with E-state index >= 15 is 0 Å². The van der Waals surface area contributed by atoms with E-state index in [1.54, 1.807) is 12.3 Å². The molecule has 70 valence electrons. The Kier molecular flexibility index (Phi) is 2.54. The van der Waals surface area contributed by atoms with Crippen molar-refractivity contribution in [1.29, 1.82) is 0 Å². The first-order valence-electron chi connectivity index (χ1n) is 4.70. The minimum atomic E-state index is -0.245. The maximum atomic E-state index is 12.8. The largest absolute Gasteiger partial charge is 0.310 e. The van der Waals surface area contributed by atoms with Gasteiger partial charge in [0.05, 0.1) is 6.20 Å². The molecule has 1 N–H and O–H groups in total. The first-order chi connectivity index (χ1) is 6.36. The van der Waals surface area contributed by atoms with Crippen LogP contribution in [-0.4, -0.2) is 11.5 Å². The van der Waals surface area contributed by atoms with Gasteiger partial charge in [-0.1, -0.05) is 6.42 Å². The summed E-state index contributed by atoms with van der Waals surface area (Å²) in [7, 11) is 0. The van der Waals surface area contributed by atoms with E-state index in [1.165, 1.54) is 19.0 Å². The molecule has 3 heteroatoms. The van der Waals surface area contributed by atoms with E-state index in [0.29, 0.717) is 6.04 Å². The van der Waals surface area contributed by atoms with Gasteiger partial charge in [-0.3, -0.25) is 4.98 Å². The normalized spacial score (nSPS) is 23.0. The van der Waals surface area contributed by atoms with Gasteiger partial charge >= 0.3 is 0 Å². The molecule has 1 fully saturated rings. The van der Waals surface area contributed by atoms with E-state index in [-0.39, 0.29) is 5.82 Å². The van der Waals surface area contributed by atoms with Crippen molar-refractivity contribution in [3.63, 3.8) is 0 Å². The van der Waals surface area contributed by atoms with Crippen molar-refractivity contribution in [3.8, 4) is 0 Å². The van der Waals surface area contributed by atoms with Crippen LogP contribution in [0.1, 0.15) is 30.9 Å². The molecule has 0 saturated carbocycles. The fourth-order valence-corrected chi connectivity index (χ4v) is 1.76. The Hall–Kier alpha value is -0.960. The molecule has 1 aliphatic heterocycles. The van der Waals surface area contributed by atoms with Gasteiger partial charge < -0.3 is 5.32 Å². The molecule has 1 aromatic rings. The van der Waals surface area contributed by atoms with Crippen LogP contribution in [0.15, 0.2) is 18.5 Å². The molecule has 2 heterocycles. The predicted molar refractivity (Wildman–Crippen MR) is 48.8 cm³/mol. The van der Waals surface area contributed by atoms with Crippen molar-refractivity contribution in [2.75, 3.05) is 6.54 Å². The average molecular weight is 180 g/mol. The van der Waals surface area contributed by atoms with Gasteiger partial charge in [-0.25, -0.2) is 4.39 Å². The second-order valence-corrected chi connectivity index (χ2v) is 3.44. The fourth-order valence-electron chi connectivity index (χ4n) is 1.76. The smallest absolute Gasteiger partial charge is 0.141 e. The Bertz CT molecular complexity index is 282. The lowest BCUT2D eigenvalue weighted by Crippen LogP contribution is -2.26. The highest BCUT2D eigenvalue weighted by Gasteiger charge is 2.14. The van der Waals surface area contributed by atoms with Crippen LogP contribution in [0.3, 0.4) is 0 Å². The van der Waals surface area contributed by atoms with Gasteiger partial charge in [0.15, 0.2) is 0 Å². The molecule has 0 radical (unpaired) electrons. The van der Waals surface area contributed by atoms with Crippen molar-refractivity contribution in [2.24, 2.45) is 0 Å². The maximum Gasteiger partial charge on any atom is 0.141 e. The van der Waals surface area contributed by atoms with Gasteiger partial charge in [-0.2, -0.15) is 0 Å². The molecule has 0 bridgehead atoms. The molecule has 2 nitrogen and oxygen atoms in total. The lowest BCUT2D eigenvalue weighted by molar-refractivity contribution is 0.410. The van der Waals surface area contributed by atoms with Crippen LogP contribution < -0.4 is 5.32 Å². The summed E-state index contributed by atoms with van der Waals surface area (Å²) in [5.41, 5.74) is 0.972. The number of nitrogens with one attached hydrogen (secondary N) is 1. The quantitative estimate of drug-likeness (QED) is 0.715. The van der Waals surface area contributed by atoms with Crippen molar-refractivity contribution < 1.29 is 4.39 Å². The van der Waals surface area contributed by atoms with Gasteiger partial charge in [0, 0.05) is 12.2 Å². The van der Waals surface area contributed by atoms with E-state index in [0.717, 1.165) is 18.5 Å². The number of aromatic nitrogens is 1. The summed E-state index contributed by atoms with van der Waals surface area (Å²) in [5, 5.41) is 3.36. The van der Waals surface area contributed by atoms with E-state index < -0.39 is 0 Å². The van der Waals surface area contributed by atoms with Crippen LogP contribution in [0, 0.1) is 5.82 Å². The summed E-state index contributed by atoms with van der Waals surface area (Å²) in [6.07, 6.45) is 6.51. The van der Waals surface area contributed by atoms with Crippen LogP contribution in [0.2, 0.25) is 0 Å². The highest BCUT2D eigenvalue weighted by molar-refractivity contribution is 5.15. The van der Waals surface area contributed by atoms with E-state index in [2.05, 4.69) is 10.3 Å². The molecule has 1 atom stereocenters. The highest BCUT2D eigenvalue weighted by atomic mass is 19.1. The Balaban J connectivity index is 2.14. The van der Waals surface area contributed by atoms with Gasteiger partial charge in [0.2, 0.25) is 0 Å². The predicted octanol–water partition coefficient (Wildman–Crippen LogP) is 2.04. The minimum absolute atomic E-state index is 0.245. The number of hydrogen-bond acceptors (Lipinski definition) is 2. The third kappa shape index (κ3) is 2.04. The number of nitrogens with zero attached hydrogens (tertiary/aromatic N) is 1. The van der Waals surface area contributed by atoms with E-state index in [4.69, 9.17) is 0 Å². The third-order valence-corrected chi connectivity index (χ3v) is 2.44. The van der Waals surface area contributed by atoms with Crippen molar-refractivity contribution in [2.45, 2.75) is 25.3 Å². The second-order valence-electron chi connectivity index (χ2n) is 3.44. The molecule has 1 saturated heterocycles. The summed E-state index contributed by atoms with van der Waals surface area (Å²) in [5.74, 6) is -0.245. The summed E-state index contributed by atoms with van der Waals surface area (Å²) >= 11 is 0. The van der Waals surface area contributed by atoms with Crippen molar-refractivity contribution in [3.05, 3.63) is 29.8 Å². The summed E-state index contributed by atoms with van der Waals surface area (Å²) in [6.45, 7) is 1.03. The topological polar surface area (TPSA) is 24.9 Å². The SMILES string of the molecule is Fc1cncc([C@@H]2CCCCN2)c1. The molecule has 0 aromatic carbocycles. The van der Waals surface area contributed by atoms with Crippen LogP contribution in [-0.2, 0) is 0 Å². The van der Waals surface area contributed by atoms with Crippen LogP contribution in [0.25, 0.3) is 0 Å². The zero-order valence-electron chi connectivity index (χ0n) is 7.46. The Labute approximate surface area is 77.2 Å². The minimum Gasteiger partial charge on any atom is -0.310 e.